The summed E-state index contributed by atoms with van der Waals surface area (Å²) >= 11 is 1.68. The van der Waals surface area contributed by atoms with E-state index >= 15 is 0 Å². The quantitative estimate of drug-likeness (QED) is 0.394. The minimum Gasteiger partial charge on any atom is -0.245 e. The molecule has 0 fully saturated rings. The summed E-state index contributed by atoms with van der Waals surface area (Å²) in [6, 6.07) is 27.5. The van der Waals surface area contributed by atoms with Crippen LogP contribution in [0.25, 0.3) is 10.2 Å². The van der Waals surface area contributed by atoms with E-state index in [4.69, 9.17) is 0 Å². The molecular formula is C19H15N3S. The number of hydrogen-bond acceptors (Lipinski definition) is 4. The molecule has 0 aliphatic heterocycles. The van der Waals surface area contributed by atoms with Gasteiger partial charge < -0.3 is 0 Å². The number of aromatic nitrogens is 1. The van der Waals surface area contributed by atoms with Crippen LogP contribution in [0.4, 0.5) is 11.4 Å². The van der Waals surface area contributed by atoms with E-state index in [0.717, 1.165) is 16.9 Å². The van der Waals surface area contributed by atoms with Gasteiger partial charge in [0.25, 0.3) is 0 Å². The second kappa shape index (κ2) is 7.96. The van der Waals surface area contributed by atoms with E-state index in [0.29, 0.717) is 0 Å². The molecule has 112 valence electrons. The molecule has 0 bridgehead atoms. The fourth-order valence-corrected chi connectivity index (χ4v) is 2.59. The lowest BCUT2D eigenvalue weighted by Crippen LogP contribution is -1.62. The average molecular weight is 317 g/mol. The van der Waals surface area contributed by atoms with Crippen molar-refractivity contribution in [2.45, 2.75) is 0 Å². The zero-order chi connectivity index (χ0) is 15.7. The Balaban J connectivity index is 0.000000149. The van der Waals surface area contributed by atoms with Gasteiger partial charge >= 0.3 is 0 Å². The lowest BCUT2D eigenvalue weighted by Gasteiger charge is -1.91. The zero-order valence-corrected chi connectivity index (χ0v) is 13.2. The highest BCUT2D eigenvalue weighted by Crippen LogP contribution is 2.16. The van der Waals surface area contributed by atoms with Crippen molar-refractivity contribution in [1.82, 2.24) is 4.98 Å². The highest BCUT2D eigenvalue weighted by molar-refractivity contribution is 7.16. The van der Waals surface area contributed by atoms with Crippen molar-refractivity contribution < 1.29 is 0 Å². The third-order valence-electron chi connectivity index (χ3n) is 3.03. The molecule has 1 aromatic heterocycles. The Labute approximate surface area is 139 Å². The summed E-state index contributed by atoms with van der Waals surface area (Å²) in [5.74, 6) is 0. The van der Waals surface area contributed by atoms with E-state index in [-0.39, 0.29) is 0 Å². The summed E-state index contributed by atoms with van der Waals surface area (Å²) in [7, 11) is 0. The Morgan fingerprint density at radius 2 is 1.13 bits per heavy atom. The summed E-state index contributed by atoms with van der Waals surface area (Å²) in [6.45, 7) is 0. The van der Waals surface area contributed by atoms with Crippen molar-refractivity contribution in [3.63, 3.8) is 0 Å². The molecule has 3 aromatic carbocycles. The van der Waals surface area contributed by atoms with E-state index in [1.54, 1.807) is 11.3 Å². The zero-order valence-electron chi connectivity index (χ0n) is 12.4. The Kier molecular flexibility index (Phi) is 5.21. The van der Waals surface area contributed by atoms with Gasteiger partial charge in [-0.2, -0.15) is 10.2 Å². The van der Waals surface area contributed by atoms with Crippen LogP contribution in [0, 0.1) is 0 Å². The summed E-state index contributed by atoms with van der Waals surface area (Å²) in [4.78, 5) is 4.14. The van der Waals surface area contributed by atoms with E-state index < -0.39 is 0 Å². The molecule has 0 aliphatic carbocycles. The van der Waals surface area contributed by atoms with Gasteiger partial charge in [-0.25, -0.2) is 4.98 Å². The Hall–Kier alpha value is -2.85. The number of rotatable bonds is 2. The first-order chi connectivity index (χ1) is 11.4. The summed E-state index contributed by atoms with van der Waals surface area (Å²) in [5.41, 5.74) is 4.71. The van der Waals surface area contributed by atoms with Crippen LogP contribution in [-0.2, 0) is 0 Å². The number of fused-ring (bicyclic) bond motifs is 1. The van der Waals surface area contributed by atoms with Crippen molar-refractivity contribution in [3.8, 4) is 0 Å². The normalized spacial score (nSPS) is 10.4. The van der Waals surface area contributed by atoms with Gasteiger partial charge in [0.05, 0.1) is 27.1 Å². The number of nitrogens with zero attached hydrogens (tertiary/aromatic N) is 3. The standard InChI is InChI=1S/C12H10N2.C7H5NS/c1-3-7-11(8-4-1)13-14-12-9-5-2-6-10-12;1-2-4-7-6(3-1)8-5-9-7/h1-10H;1-5H/b14-13+;. The number of para-hydroxylation sites is 1. The van der Waals surface area contributed by atoms with Gasteiger partial charge in [0.2, 0.25) is 0 Å². The molecule has 4 rings (SSSR count). The van der Waals surface area contributed by atoms with Crippen molar-refractivity contribution in [2.75, 3.05) is 0 Å². The molecular weight excluding hydrogens is 302 g/mol. The van der Waals surface area contributed by atoms with Crippen LogP contribution in [0.2, 0.25) is 0 Å². The van der Waals surface area contributed by atoms with Crippen molar-refractivity contribution in [2.24, 2.45) is 10.2 Å². The Morgan fingerprint density at radius 3 is 1.70 bits per heavy atom. The molecule has 0 unspecified atom stereocenters. The predicted octanol–water partition coefficient (Wildman–Crippen LogP) is 6.40. The van der Waals surface area contributed by atoms with Crippen LogP contribution >= 0.6 is 11.3 Å². The highest BCUT2D eigenvalue weighted by atomic mass is 32.1. The fraction of sp³-hybridized carbons (Fsp3) is 0. The van der Waals surface area contributed by atoms with Crippen LogP contribution in [0.15, 0.2) is 101 Å². The number of benzene rings is 3. The monoisotopic (exact) mass is 317 g/mol. The third kappa shape index (κ3) is 4.56. The van der Waals surface area contributed by atoms with Gasteiger partial charge in [-0.1, -0.05) is 48.5 Å². The Morgan fingerprint density at radius 1 is 0.609 bits per heavy atom. The lowest BCUT2D eigenvalue weighted by molar-refractivity contribution is 1.23. The van der Waals surface area contributed by atoms with Crippen LogP contribution in [0.3, 0.4) is 0 Å². The molecule has 0 saturated heterocycles. The molecule has 23 heavy (non-hydrogen) atoms. The Bertz CT molecular complexity index is 799. The fourth-order valence-electron chi connectivity index (χ4n) is 1.91. The maximum absolute atomic E-state index is 4.14. The molecule has 4 heteroatoms. The topological polar surface area (TPSA) is 37.6 Å². The molecule has 0 N–H and O–H groups in total. The van der Waals surface area contributed by atoms with Crippen LogP contribution < -0.4 is 0 Å². The molecule has 3 nitrogen and oxygen atoms in total. The molecule has 0 spiro atoms. The van der Waals surface area contributed by atoms with Crippen LogP contribution in [-0.4, -0.2) is 4.98 Å². The first-order valence-electron chi connectivity index (χ1n) is 7.22. The number of azo groups is 1. The summed E-state index contributed by atoms with van der Waals surface area (Å²) < 4.78 is 1.26. The van der Waals surface area contributed by atoms with E-state index in [1.807, 2.05) is 84.4 Å². The maximum Gasteiger partial charge on any atom is 0.0857 e. The van der Waals surface area contributed by atoms with Crippen LogP contribution in [0.5, 0.6) is 0 Å². The lowest BCUT2D eigenvalue weighted by atomic mass is 10.3. The molecule has 0 aliphatic rings. The predicted molar refractivity (Wildman–Crippen MR) is 96.7 cm³/mol. The molecule has 4 aromatic rings. The molecule has 0 saturated carbocycles. The van der Waals surface area contributed by atoms with Crippen molar-refractivity contribution in [1.29, 1.82) is 0 Å². The number of thiazole rings is 1. The van der Waals surface area contributed by atoms with Gasteiger partial charge in [0.1, 0.15) is 0 Å². The van der Waals surface area contributed by atoms with Crippen molar-refractivity contribution in [3.05, 3.63) is 90.4 Å². The molecule has 0 atom stereocenters. The molecule has 1 heterocycles. The SMILES string of the molecule is c1ccc(/N=N/c2ccccc2)cc1.c1ccc2scnc2c1. The minimum atomic E-state index is 0.872. The highest BCUT2D eigenvalue weighted by Gasteiger charge is 1.89. The summed E-state index contributed by atoms with van der Waals surface area (Å²) in [5, 5.41) is 8.20. The van der Waals surface area contributed by atoms with Gasteiger partial charge in [-0.05, 0) is 36.4 Å². The van der Waals surface area contributed by atoms with E-state index in [1.165, 1.54) is 4.70 Å². The third-order valence-corrected chi connectivity index (χ3v) is 3.84. The first kappa shape index (κ1) is 15.1. The van der Waals surface area contributed by atoms with Crippen molar-refractivity contribution >= 4 is 32.9 Å². The first-order valence-corrected chi connectivity index (χ1v) is 8.10. The van der Waals surface area contributed by atoms with Gasteiger partial charge in [-0.15, -0.1) is 11.3 Å². The second-order valence-electron chi connectivity index (χ2n) is 4.69. The minimum absolute atomic E-state index is 0.872. The number of hydrogen-bond donors (Lipinski definition) is 0. The van der Waals surface area contributed by atoms with E-state index in [9.17, 15) is 0 Å². The van der Waals surface area contributed by atoms with E-state index in [2.05, 4.69) is 21.3 Å². The summed E-state index contributed by atoms with van der Waals surface area (Å²) in [6.07, 6.45) is 0. The average Bonchev–Trinajstić information content (AvgIpc) is 3.11. The second-order valence-corrected chi connectivity index (χ2v) is 5.58. The largest absolute Gasteiger partial charge is 0.245 e. The maximum atomic E-state index is 4.14. The molecule has 0 amide bonds. The molecule has 0 radical (unpaired) electrons. The van der Waals surface area contributed by atoms with Crippen LogP contribution in [0.1, 0.15) is 0 Å². The van der Waals surface area contributed by atoms with Gasteiger partial charge in [0.15, 0.2) is 0 Å². The smallest absolute Gasteiger partial charge is 0.0857 e. The van der Waals surface area contributed by atoms with Gasteiger partial charge in [-0.3, -0.25) is 0 Å². The van der Waals surface area contributed by atoms with Gasteiger partial charge in [0, 0.05) is 0 Å².